The van der Waals surface area contributed by atoms with Crippen molar-refractivity contribution in [3.05, 3.63) is 82.3 Å². The molecule has 0 aliphatic rings. The lowest BCUT2D eigenvalue weighted by molar-refractivity contribution is 0.101. The second-order valence-corrected chi connectivity index (χ2v) is 5.86. The van der Waals surface area contributed by atoms with E-state index in [1.54, 1.807) is 24.3 Å². The fourth-order valence-corrected chi connectivity index (χ4v) is 2.72. The Hall–Kier alpha value is -3.67. The standard InChI is InChI=1S/C20H14N2O4/c1-12-9-19(23)25-18-10-14(7-8-15(12)18)21-20(24)16-11-17(26-22-16)13-5-3-2-4-6-13/h2-11H,1H3,(H,21,24). The molecule has 26 heavy (non-hydrogen) atoms. The number of aromatic nitrogens is 1. The molecular formula is C20H14N2O4. The number of benzene rings is 2. The van der Waals surface area contributed by atoms with E-state index in [4.69, 9.17) is 8.94 Å². The van der Waals surface area contributed by atoms with Crippen molar-refractivity contribution in [2.75, 3.05) is 5.32 Å². The van der Waals surface area contributed by atoms with E-state index in [-0.39, 0.29) is 5.69 Å². The zero-order chi connectivity index (χ0) is 18.1. The molecule has 2 heterocycles. The third-order valence-electron chi connectivity index (χ3n) is 4.01. The second kappa shape index (κ2) is 6.33. The maximum Gasteiger partial charge on any atom is 0.336 e. The van der Waals surface area contributed by atoms with Gasteiger partial charge in [-0.1, -0.05) is 35.5 Å². The molecule has 0 radical (unpaired) electrons. The molecule has 0 bridgehead atoms. The highest BCUT2D eigenvalue weighted by atomic mass is 16.5. The van der Waals surface area contributed by atoms with Crippen LogP contribution in [0.15, 0.2) is 74.4 Å². The number of hydrogen-bond donors (Lipinski definition) is 1. The van der Waals surface area contributed by atoms with Crippen LogP contribution < -0.4 is 10.9 Å². The molecule has 1 N–H and O–H groups in total. The Morgan fingerprint density at radius 2 is 1.85 bits per heavy atom. The monoisotopic (exact) mass is 346 g/mol. The van der Waals surface area contributed by atoms with Gasteiger partial charge in [0.05, 0.1) is 0 Å². The van der Waals surface area contributed by atoms with E-state index < -0.39 is 11.5 Å². The minimum Gasteiger partial charge on any atom is -0.423 e. The zero-order valence-corrected chi connectivity index (χ0v) is 13.9. The molecule has 0 spiro atoms. The summed E-state index contributed by atoms with van der Waals surface area (Å²) in [6, 6.07) is 17.5. The Bertz CT molecular complexity index is 1160. The van der Waals surface area contributed by atoms with Crippen LogP contribution in [0.5, 0.6) is 0 Å². The molecule has 0 saturated heterocycles. The number of hydrogen-bond acceptors (Lipinski definition) is 5. The molecule has 0 unspecified atom stereocenters. The Labute approximate surface area is 148 Å². The van der Waals surface area contributed by atoms with Gasteiger partial charge < -0.3 is 14.3 Å². The van der Waals surface area contributed by atoms with Gasteiger partial charge in [0.1, 0.15) is 5.58 Å². The summed E-state index contributed by atoms with van der Waals surface area (Å²) in [4.78, 5) is 23.9. The first-order valence-corrected chi connectivity index (χ1v) is 7.98. The normalized spacial score (nSPS) is 10.8. The van der Waals surface area contributed by atoms with Crippen molar-refractivity contribution in [1.82, 2.24) is 5.16 Å². The smallest absolute Gasteiger partial charge is 0.336 e. The number of aryl methyl sites for hydroxylation is 1. The van der Waals surface area contributed by atoms with Crippen molar-refractivity contribution in [2.24, 2.45) is 0 Å². The van der Waals surface area contributed by atoms with Gasteiger partial charge in [-0.05, 0) is 24.6 Å². The van der Waals surface area contributed by atoms with E-state index in [0.717, 1.165) is 16.5 Å². The number of nitrogens with one attached hydrogen (secondary N) is 1. The molecule has 0 fully saturated rings. The molecule has 0 saturated carbocycles. The highest BCUT2D eigenvalue weighted by Crippen LogP contribution is 2.23. The van der Waals surface area contributed by atoms with Crippen molar-refractivity contribution in [2.45, 2.75) is 6.92 Å². The quantitative estimate of drug-likeness (QED) is 0.567. The fraction of sp³-hybridized carbons (Fsp3) is 0.0500. The van der Waals surface area contributed by atoms with Gasteiger partial charge in [-0.25, -0.2) is 4.79 Å². The molecule has 6 nitrogen and oxygen atoms in total. The minimum atomic E-state index is -0.428. The third-order valence-corrected chi connectivity index (χ3v) is 4.01. The molecule has 0 aliphatic heterocycles. The lowest BCUT2D eigenvalue weighted by Gasteiger charge is -2.05. The van der Waals surface area contributed by atoms with Crippen LogP contribution in [0.2, 0.25) is 0 Å². The summed E-state index contributed by atoms with van der Waals surface area (Å²) in [5, 5.41) is 7.36. The van der Waals surface area contributed by atoms with Crippen LogP contribution in [0.4, 0.5) is 5.69 Å². The molecule has 2 aromatic carbocycles. The Balaban J connectivity index is 1.60. The van der Waals surface area contributed by atoms with Gasteiger partial charge in [-0.15, -0.1) is 0 Å². The van der Waals surface area contributed by atoms with E-state index >= 15 is 0 Å². The molecule has 1 amide bonds. The van der Waals surface area contributed by atoms with Gasteiger partial charge in [-0.2, -0.15) is 0 Å². The van der Waals surface area contributed by atoms with Gasteiger partial charge in [0.2, 0.25) is 0 Å². The summed E-state index contributed by atoms with van der Waals surface area (Å²) in [5.74, 6) is 0.0983. The largest absolute Gasteiger partial charge is 0.423 e. The van der Waals surface area contributed by atoms with Crippen LogP contribution in [0.1, 0.15) is 16.1 Å². The summed E-state index contributed by atoms with van der Waals surface area (Å²) < 4.78 is 10.4. The number of anilines is 1. The lowest BCUT2D eigenvalue weighted by Crippen LogP contribution is -2.12. The van der Waals surface area contributed by atoms with E-state index in [1.807, 2.05) is 37.3 Å². The van der Waals surface area contributed by atoms with E-state index in [9.17, 15) is 9.59 Å². The number of carbonyl (C=O) groups excluding carboxylic acids is 1. The number of amides is 1. The maximum absolute atomic E-state index is 12.4. The van der Waals surface area contributed by atoms with Gasteiger partial charge in [0.15, 0.2) is 11.5 Å². The zero-order valence-electron chi connectivity index (χ0n) is 13.9. The average Bonchev–Trinajstić information content (AvgIpc) is 3.12. The van der Waals surface area contributed by atoms with Gasteiger partial charge in [-0.3, -0.25) is 4.79 Å². The Morgan fingerprint density at radius 3 is 2.65 bits per heavy atom. The van der Waals surface area contributed by atoms with Crippen LogP contribution in [0, 0.1) is 6.92 Å². The van der Waals surface area contributed by atoms with Crippen molar-refractivity contribution in [3.63, 3.8) is 0 Å². The summed E-state index contributed by atoms with van der Waals surface area (Å²) >= 11 is 0. The second-order valence-electron chi connectivity index (χ2n) is 5.86. The van der Waals surface area contributed by atoms with Crippen molar-refractivity contribution in [1.29, 1.82) is 0 Å². The third kappa shape index (κ3) is 3.00. The molecule has 4 aromatic rings. The molecule has 0 aliphatic carbocycles. The van der Waals surface area contributed by atoms with E-state index in [2.05, 4.69) is 10.5 Å². The molecule has 6 heteroatoms. The van der Waals surface area contributed by atoms with Crippen molar-refractivity contribution < 1.29 is 13.7 Å². The number of nitrogens with zero attached hydrogens (tertiary/aromatic N) is 1. The predicted molar refractivity (Wildman–Crippen MR) is 97.1 cm³/mol. The lowest BCUT2D eigenvalue weighted by atomic mass is 10.1. The molecule has 0 atom stereocenters. The Morgan fingerprint density at radius 1 is 1.04 bits per heavy atom. The van der Waals surface area contributed by atoms with Crippen molar-refractivity contribution in [3.8, 4) is 11.3 Å². The first kappa shape index (κ1) is 15.8. The summed E-state index contributed by atoms with van der Waals surface area (Å²) in [6.07, 6.45) is 0. The topological polar surface area (TPSA) is 85.3 Å². The van der Waals surface area contributed by atoms with Crippen LogP contribution in [-0.2, 0) is 0 Å². The number of carbonyl (C=O) groups is 1. The SMILES string of the molecule is Cc1cc(=O)oc2cc(NC(=O)c3cc(-c4ccccc4)on3)ccc12. The van der Waals surface area contributed by atoms with Crippen LogP contribution in [0.3, 0.4) is 0 Å². The van der Waals surface area contributed by atoms with E-state index in [0.29, 0.717) is 17.0 Å². The predicted octanol–water partition coefficient (Wildman–Crippen LogP) is 4.01. The maximum atomic E-state index is 12.4. The van der Waals surface area contributed by atoms with Gasteiger partial charge in [0, 0.05) is 34.8 Å². The highest BCUT2D eigenvalue weighted by Gasteiger charge is 2.14. The molecule has 4 rings (SSSR count). The molecule has 128 valence electrons. The summed E-state index contributed by atoms with van der Waals surface area (Å²) in [6.45, 7) is 1.83. The Kier molecular flexibility index (Phi) is 3.85. The summed E-state index contributed by atoms with van der Waals surface area (Å²) in [5.41, 5.74) is 2.30. The van der Waals surface area contributed by atoms with Crippen LogP contribution in [-0.4, -0.2) is 11.1 Å². The van der Waals surface area contributed by atoms with Crippen LogP contribution in [0.25, 0.3) is 22.3 Å². The van der Waals surface area contributed by atoms with Gasteiger partial charge in [0.25, 0.3) is 5.91 Å². The first-order chi connectivity index (χ1) is 12.6. The minimum absolute atomic E-state index is 0.162. The van der Waals surface area contributed by atoms with Crippen molar-refractivity contribution >= 4 is 22.6 Å². The summed E-state index contributed by atoms with van der Waals surface area (Å²) in [7, 11) is 0. The average molecular weight is 346 g/mol. The molecule has 2 aromatic heterocycles. The molecular weight excluding hydrogens is 332 g/mol. The highest BCUT2D eigenvalue weighted by molar-refractivity contribution is 6.04. The van der Waals surface area contributed by atoms with Gasteiger partial charge >= 0.3 is 5.63 Å². The fourth-order valence-electron chi connectivity index (χ4n) is 2.72. The first-order valence-electron chi connectivity index (χ1n) is 7.98. The van der Waals surface area contributed by atoms with E-state index in [1.165, 1.54) is 6.07 Å². The number of rotatable bonds is 3. The van der Waals surface area contributed by atoms with Crippen LogP contribution >= 0.6 is 0 Å². The number of fused-ring (bicyclic) bond motifs is 1.